The van der Waals surface area contributed by atoms with Crippen LogP contribution in [0.15, 0.2) is 10.2 Å². The highest BCUT2D eigenvalue weighted by Gasteiger charge is 2.29. The Labute approximate surface area is 134 Å². The molecule has 0 saturated heterocycles. The van der Waals surface area contributed by atoms with Gasteiger partial charge in [-0.2, -0.15) is 11.8 Å². The van der Waals surface area contributed by atoms with E-state index in [4.69, 9.17) is 0 Å². The average molecular weight is 329 g/mol. The first-order valence-corrected chi connectivity index (χ1v) is 9.48. The van der Waals surface area contributed by atoms with Crippen LogP contribution in [0.3, 0.4) is 0 Å². The number of carbonyl (C=O) groups excluding carboxylic acids is 1. The van der Waals surface area contributed by atoms with E-state index in [0.29, 0.717) is 24.3 Å². The number of aromatic nitrogens is 1. The zero-order valence-electron chi connectivity index (χ0n) is 13.0. The van der Waals surface area contributed by atoms with Gasteiger partial charge >= 0.3 is 4.87 Å². The zero-order chi connectivity index (χ0) is 15.4. The summed E-state index contributed by atoms with van der Waals surface area (Å²) in [5.41, 5.74) is 0.945. The summed E-state index contributed by atoms with van der Waals surface area (Å²) < 4.78 is 1.70. The molecule has 1 fully saturated rings. The van der Waals surface area contributed by atoms with Gasteiger partial charge in [0.2, 0.25) is 5.91 Å². The molecule has 1 aliphatic carbocycles. The van der Waals surface area contributed by atoms with Gasteiger partial charge in [0, 0.05) is 42.4 Å². The Morgan fingerprint density at radius 2 is 2.29 bits per heavy atom. The molecule has 0 aliphatic heterocycles. The maximum atomic E-state index is 12.3. The smallest absolute Gasteiger partial charge is 0.307 e. The van der Waals surface area contributed by atoms with E-state index >= 15 is 0 Å². The summed E-state index contributed by atoms with van der Waals surface area (Å²) in [5, 5.41) is 2.55. The van der Waals surface area contributed by atoms with E-state index in [1.54, 1.807) is 4.57 Å². The van der Waals surface area contributed by atoms with Gasteiger partial charge in [0.1, 0.15) is 0 Å². The van der Waals surface area contributed by atoms with E-state index in [-0.39, 0.29) is 10.8 Å². The Bertz CT molecular complexity index is 538. The summed E-state index contributed by atoms with van der Waals surface area (Å²) in [4.78, 5) is 25.9. The fourth-order valence-electron chi connectivity index (χ4n) is 2.92. The van der Waals surface area contributed by atoms with Crippen molar-refractivity contribution >= 4 is 29.0 Å². The SMILES string of the molecule is CCSC1CCC(N(C)C(=O)CCn2c(C)csc2=O)C1. The molecule has 0 N–H and O–H groups in total. The molecule has 0 bridgehead atoms. The molecule has 2 unspecified atom stereocenters. The van der Waals surface area contributed by atoms with Gasteiger partial charge in [-0.15, -0.1) is 0 Å². The van der Waals surface area contributed by atoms with Gasteiger partial charge in [0.25, 0.3) is 0 Å². The minimum absolute atomic E-state index is 0.0308. The lowest BCUT2D eigenvalue weighted by molar-refractivity contribution is -0.132. The first-order valence-electron chi connectivity index (χ1n) is 7.55. The maximum absolute atomic E-state index is 12.3. The maximum Gasteiger partial charge on any atom is 0.307 e. The molecule has 2 atom stereocenters. The third kappa shape index (κ3) is 4.13. The summed E-state index contributed by atoms with van der Waals surface area (Å²) in [7, 11) is 1.91. The van der Waals surface area contributed by atoms with Gasteiger partial charge in [0.05, 0.1) is 0 Å². The summed E-state index contributed by atoms with van der Waals surface area (Å²) in [6, 6.07) is 0.377. The van der Waals surface area contributed by atoms with Crippen molar-refractivity contribution < 1.29 is 4.79 Å². The summed E-state index contributed by atoms with van der Waals surface area (Å²) in [6.07, 6.45) is 3.84. The second-order valence-electron chi connectivity index (χ2n) is 5.59. The Morgan fingerprint density at radius 3 is 2.90 bits per heavy atom. The molecule has 1 aromatic heterocycles. The molecule has 21 heavy (non-hydrogen) atoms. The van der Waals surface area contributed by atoms with Crippen LogP contribution in [0.5, 0.6) is 0 Å². The molecular formula is C15H24N2O2S2. The predicted molar refractivity (Wildman–Crippen MR) is 90.3 cm³/mol. The molecule has 0 aromatic carbocycles. The van der Waals surface area contributed by atoms with Crippen LogP contribution in [0.2, 0.25) is 0 Å². The number of hydrogen-bond acceptors (Lipinski definition) is 4. The van der Waals surface area contributed by atoms with E-state index < -0.39 is 0 Å². The molecule has 1 saturated carbocycles. The minimum Gasteiger partial charge on any atom is -0.343 e. The Hall–Kier alpha value is -0.750. The highest BCUT2D eigenvalue weighted by atomic mass is 32.2. The van der Waals surface area contributed by atoms with Crippen molar-refractivity contribution in [2.24, 2.45) is 0 Å². The fraction of sp³-hybridized carbons (Fsp3) is 0.733. The van der Waals surface area contributed by atoms with Gasteiger partial charge in [-0.1, -0.05) is 18.3 Å². The van der Waals surface area contributed by atoms with Gasteiger partial charge in [0.15, 0.2) is 0 Å². The van der Waals surface area contributed by atoms with Crippen molar-refractivity contribution in [3.63, 3.8) is 0 Å². The van der Waals surface area contributed by atoms with E-state index in [0.717, 1.165) is 24.3 Å². The van der Waals surface area contributed by atoms with Gasteiger partial charge in [-0.3, -0.25) is 9.59 Å². The number of thioether (sulfide) groups is 1. The normalized spacial score (nSPS) is 21.7. The second-order valence-corrected chi connectivity index (χ2v) is 7.99. The number of nitrogens with zero attached hydrogens (tertiary/aromatic N) is 2. The first kappa shape index (κ1) is 16.6. The van der Waals surface area contributed by atoms with Gasteiger partial charge < -0.3 is 9.47 Å². The average Bonchev–Trinajstić information content (AvgIpc) is 3.04. The molecule has 1 heterocycles. The summed E-state index contributed by atoms with van der Waals surface area (Å²) in [6.45, 7) is 4.60. The van der Waals surface area contributed by atoms with E-state index in [1.165, 1.54) is 17.8 Å². The molecule has 0 radical (unpaired) electrons. The van der Waals surface area contributed by atoms with Crippen LogP contribution < -0.4 is 4.87 Å². The number of amides is 1. The van der Waals surface area contributed by atoms with Crippen LogP contribution in [-0.2, 0) is 11.3 Å². The molecule has 4 nitrogen and oxygen atoms in total. The molecule has 118 valence electrons. The molecule has 0 spiro atoms. The van der Waals surface area contributed by atoms with Crippen LogP contribution >= 0.6 is 23.1 Å². The monoisotopic (exact) mass is 328 g/mol. The standard InChI is InChI=1S/C15H24N2O2S2/c1-4-20-13-6-5-12(9-13)16(3)14(18)7-8-17-11(2)10-21-15(17)19/h10,12-13H,4-9H2,1-3H3. The largest absolute Gasteiger partial charge is 0.343 e. The molecule has 1 aromatic rings. The van der Waals surface area contributed by atoms with Crippen molar-refractivity contribution in [2.75, 3.05) is 12.8 Å². The van der Waals surface area contributed by atoms with Crippen LogP contribution in [0.1, 0.15) is 38.3 Å². The summed E-state index contributed by atoms with van der Waals surface area (Å²) in [5.74, 6) is 1.30. The van der Waals surface area contributed by atoms with Crippen molar-refractivity contribution in [1.29, 1.82) is 0 Å². The highest BCUT2D eigenvalue weighted by Crippen LogP contribution is 2.32. The topological polar surface area (TPSA) is 42.3 Å². The Kier molecular flexibility index (Phi) is 5.93. The third-order valence-corrected chi connectivity index (χ3v) is 6.34. The lowest BCUT2D eigenvalue weighted by Crippen LogP contribution is -2.36. The Balaban J connectivity index is 1.85. The Morgan fingerprint density at radius 1 is 1.52 bits per heavy atom. The molecule has 1 amide bonds. The van der Waals surface area contributed by atoms with Crippen molar-refractivity contribution in [3.8, 4) is 0 Å². The molecule has 2 rings (SSSR count). The van der Waals surface area contributed by atoms with Gasteiger partial charge in [-0.05, 0) is 31.9 Å². The number of rotatable bonds is 6. The van der Waals surface area contributed by atoms with E-state index in [9.17, 15) is 9.59 Å². The number of carbonyl (C=O) groups is 1. The van der Waals surface area contributed by atoms with Crippen LogP contribution in [-0.4, -0.2) is 39.5 Å². The third-order valence-electron chi connectivity index (χ3n) is 4.23. The van der Waals surface area contributed by atoms with Crippen LogP contribution in [0.25, 0.3) is 0 Å². The minimum atomic E-state index is 0.0308. The lowest BCUT2D eigenvalue weighted by atomic mass is 10.2. The molecule has 1 aliphatic rings. The molecule has 6 heteroatoms. The fourth-order valence-corrected chi connectivity index (χ4v) is 4.81. The number of aryl methyl sites for hydroxylation is 1. The lowest BCUT2D eigenvalue weighted by Gasteiger charge is -2.25. The zero-order valence-corrected chi connectivity index (χ0v) is 14.6. The number of hydrogen-bond donors (Lipinski definition) is 0. The summed E-state index contributed by atoms with van der Waals surface area (Å²) >= 11 is 3.21. The van der Waals surface area contributed by atoms with Gasteiger partial charge in [-0.25, -0.2) is 0 Å². The van der Waals surface area contributed by atoms with Crippen molar-refractivity contribution in [2.45, 2.75) is 57.4 Å². The van der Waals surface area contributed by atoms with Crippen molar-refractivity contribution in [3.05, 3.63) is 20.7 Å². The van der Waals surface area contributed by atoms with Crippen LogP contribution in [0, 0.1) is 6.92 Å². The van der Waals surface area contributed by atoms with E-state index in [2.05, 4.69) is 6.92 Å². The number of thiazole rings is 1. The first-order chi connectivity index (χ1) is 10.0. The quantitative estimate of drug-likeness (QED) is 0.806. The predicted octanol–water partition coefficient (Wildman–Crippen LogP) is 2.74. The highest BCUT2D eigenvalue weighted by molar-refractivity contribution is 7.99. The van der Waals surface area contributed by atoms with E-state index in [1.807, 2.05) is 36.0 Å². The van der Waals surface area contributed by atoms with Crippen LogP contribution in [0.4, 0.5) is 0 Å². The molecular weight excluding hydrogens is 304 g/mol. The second kappa shape index (κ2) is 7.49. The van der Waals surface area contributed by atoms with Crippen molar-refractivity contribution in [1.82, 2.24) is 9.47 Å².